The molecule has 1 amide bonds. The molecule has 0 saturated heterocycles. The van der Waals surface area contributed by atoms with E-state index >= 15 is 0 Å². The van der Waals surface area contributed by atoms with Gasteiger partial charge >= 0.3 is 53.6 Å². The van der Waals surface area contributed by atoms with Crippen molar-refractivity contribution < 1.29 is 89.0 Å². The number of unbranched alkanes of at least 4 members (excludes halogenated alkanes) is 1. The highest BCUT2D eigenvalue weighted by Gasteiger charge is 2.95. The average molecular weight is 864 g/mol. The third kappa shape index (κ3) is 10.0. The zero-order chi connectivity index (χ0) is 44.6. The third-order valence-electron chi connectivity index (χ3n) is 7.80. The standard InChI is InChI=1S/C33H26F17N5O3/c1-2-14-55(25(57)22-10-6-11-23(17-22)52-18-21-9-5-8-20(16-21)7-3-4-13-53-54-51)19-24(56)58-15-12-26(34,35)27(36,37)28(38,39)29(40,41)30(42,43)31(44,45)32(46,47)33(48,49)50/h1,5-6,8-11,16-18H,3-4,7,12-15,19H2. The number of rotatable bonds is 20. The number of azide groups is 1. The summed E-state index contributed by atoms with van der Waals surface area (Å²) in [6.45, 7) is -3.89. The van der Waals surface area contributed by atoms with Crippen LogP contribution < -0.4 is 0 Å². The Morgan fingerprint density at radius 2 is 1.34 bits per heavy atom. The predicted molar refractivity (Wildman–Crippen MR) is 168 cm³/mol. The van der Waals surface area contributed by atoms with Gasteiger partial charge in [0.2, 0.25) is 0 Å². The van der Waals surface area contributed by atoms with Gasteiger partial charge in [0, 0.05) is 23.2 Å². The minimum atomic E-state index is -8.77. The molecule has 0 N–H and O–H groups in total. The van der Waals surface area contributed by atoms with Crippen molar-refractivity contribution in [2.45, 2.75) is 73.3 Å². The highest BCUT2D eigenvalue weighted by atomic mass is 19.4. The second kappa shape index (κ2) is 18.1. The van der Waals surface area contributed by atoms with Crippen LogP contribution in [0.5, 0.6) is 0 Å². The van der Waals surface area contributed by atoms with Crippen LogP contribution in [0.3, 0.4) is 0 Å². The van der Waals surface area contributed by atoms with Gasteiger partial charge in [-0.3, -0.25) is 14.6 Å². The number of ether oxygens (including phenoxy) is 1. The highest BCUT2D eigenvalue weighted by Crippen LogP contribution is 2.64. The van der Waals surface area contributed by atoms with Gasteiger partial charge in [-0.25, -0.2) is 0 Å². The van der Waals surface area contributed by atoms with Crippen LogP contribution in [0.4, 0.5) is 80.3 Å². The molecule has 0 aliphatic rings. The van der Waals surface area contributed by atoms with E-state index in [1.807, 2.05) is 12.0 Å². The molecule has 320 valence electrons. The topological polar surface area (TPSA) is 108 Å². The van der Waals surface area contributed by atoms with Crippen molar-refractivity contribution in [3.8, 4) is 12.3 Å². The summed E-state index contributed by atoms with van der Waals surface area (Å²) < 4.78 is 233. The lowest BCUT2D eigenvalue weighted by Gasteiger charge is -2.42. The monoisotopic (exact) mass is 863 g/mol. The van der Waals surface area contributed by atoms with Crippen LogP contribution in [0, 0.1) is 12.3 Å². The molecule has 0 aliphatic heterocycles. The van der Waals surface area contributed by atoms with Gasteiger partial charge < -0.3 is 9.64 Å². The summed E-state index contributed by atoms with van der Waals surface area (Å²) in [5.41, 5.74) is 9.84. The van der Waals surface area contributed by atoms with E-state index in [9.17, 15) is 84.2 Å². The summed E-state index contributed by atoms with van der Waals surface area (Å²) in [6, 6.07) is 12.2. The first-order valence-electron chi connectivity index (χ1n) is 15.8. The van der Waals surface area contributed by atoms with E-state index in [2.05, 4.69) is 19.8 Å². The molecule has 25 heteroatoms. The van der Waals surface area contributed by atoms with Gasteiger partial charge in [-0.15, -0.1) is 6.42 Å². The lowest BCUT2D eigenvalue weighted by molar-refractivity contribution is -0.461. The second-order valence-electron chi connectivity index (χ2n) is 11.9. The molecular formula is C33H26F17N5O3. The molecule has 0 aliphatic carbocycles. The molecule has 58 heavy (non-hydrogen) atoms. The van der Waals surface area contributed by atoms with E-state index < -0.39 is 85.6 Å². The number of amides is 1. The summed E-state index contributed by atoms with van der Waals surface area (Å²) in [5.74, 6) is -58.5. The molecule has 0 aromatic heterocycles. The minimum absolute atomic E-state index is 0.162. The van der Waals surface area contributed by atoms with Crippen LogP contribution in [0.25, 0.3) is 10.4 Å². The lowest BCUT2D eigenvalue weighted by Crippen LogP contribution is -2.74. The molecule has 2 aromatic carbocycles. The number of carbonyl (C=O) groups is 2. The Bertz CT molecular complexity index is 1890. The number of nitrogens with zero attached hydrogens (tertiary/aromatic N) is 5. The van der Waals surface area contributed by atoms with Gasteiger partial charge in [0.05, 0.1) is 25.3 Å². The van der Waals surface area contributed by atoms with Crippen LogP contribution in [-0.2, 0) is 16.0 Å². The lowest BCUT2D eigenvalue weighted by atomic mass is 9.88. The van der Waals surface area contributed by atoms with Crippen LogP contribution in [-0.4, -0.2) is 96.9 Å². The van der Waals surface area contributed by atoms with Crippen molar-refractivity contribution in [3.05, 3.63) is 75.7 Å². The molecule has 0 unspecified atom stereocenters. The van der Waals surface area contributed by atoms with Crippen molar-refractivity contribution in [1.29, 1.82) is 0 Å². The highest BCUT2D eigenvalue weighted by molar-refractivity contribution is 5.97. The SMILES string of the molecule is C#CCN(CC(=O)OCCC(F)(F)C(F)(F)C(F)(F)C(F)(F)C(F)(F)C(F)(F)C(F)(F)C(F)(F)F)C(=O)c1cccc(N=Cc2cccc(CCCCN=[N+]=[N-])c2)c1. The van der Waals surface area contributed by atoms with Crippen molar-refractivity contribution in [2.24, 2.45) is 10.1 Å². The first-order chi connectivity index (χ1) is 26.5. The Kier molecular flexibility index (Phi) is 15.3. The van der Waals surface area contributed by atoms with E-state index in [4.69, 9.17) is 12.0 Å². The summed E-state index contributed by atoms with van der Waals surface area (Å²) >= 11 is 0. The van der Waals surface area contributed by atoms with Gasteiger partial charge in [0.25, 0.3) is 5.91 Å². The van der Waals surface area contributed by atoms with Gasteiger partial charge in [-0.2, -0.15) is 74.6 Å². The van der Waals surface area contributed by atoms with E-state index in [0.717, 1.165) is 12.0 Å². The number of halogens is 17. The molecule has 0 saturated carbocycles. The number of aryl methyl sites for hydroxylation is 1. The molecule has 0 heterocycles. The molecule has 0 radical (unpaired) electrons. The van der Waals surface area contributed by atoms with Gasteiger partial charge in [-0.1, -0.05) is 41.4 Å². The summed E-state index contributed by atoms with van der Waals surface area (Å²) in [5, 5.41) is 3.44. The molecule has 2 aromatic rings. The fourth-order valence-corrected chi connectivity index (χ4v) is 4.59. The number of hydrogen-bond donors (Lipinski definition) is 0. The first-order valence-corrected chi connectivity index (χ1v) is 15.8. The Hall–Kier alpha value is -5.27. The average Bonchev–Trinajstić information content (AvgIpc) is 3.12. The normalized spacial score (nSPS) is 13.5. The number of alkyl halides is 17. The molecule has 0 fully saturated rings. The molecular weight excluding hydrogens is 837 g/mol. The van der Waals surface area contributed by atoms with Crippen molar-refractivity contribution in [3.63, 3.8) is 0 Å². The maximum atomic E-state index is 14.2. The van der Waals surface area contributed by atoms with Crippen LogP contribution in [0.2, 0.25) is 0 Å². The Balaban J connectivity index is 2.17. The largest absolute Gasteiger partial charge is 0.464 e. The van der Waals surface area contributed by atoms with E-state index in [-0.39, 0.29) is 11.3 Å². The number of terminal acetylenes is 1. The van der Waals surface area contributed by atoms with Crippen LogP contribution in [0.1, 0.15) is 40.7 Å². The summed E-state index contributed by atoms with van der Waals surface area (Å²) in [4.78, 5) is 32.7. The van der Waals surface area contributed by atoms with Gasteiger partial charge in [0.1, 0.15) is 6.54 Å². The van der Waals surface area contributed by atoms with Crippen molar-refractivity contribution in [2.75, 3.05) is 26.2 Å². The molecule has 0 bridgehead atoms. The predicted octanol–water partition coefficient (Wildman–Crippen LogP) is 10.1. The Morgan fingerprint density at radius 1 is 0.776 bits per heavy atom. The van der Waals surface area contributed by atoms with Crippen molar-refractivity contribution >= 4 is 23.8 Å². The summed E-state index contributed by atoms with van der Waals surface area (Å²) in [6.07, 6.45) is -2.27. The van der Waals surface area contributed by atoms with E-state index in [0.29, 0.717) is 29.8 Å². The molecule has 2 rings (SSSR count). The first kappa shape index (κ1) is 48.9. The zero-order valence-corrected chi connectivity index (χ0v) is 28.8. The quantitative estimate of drug-likeness (QED) is 0.0193. The Morgan fingerprint density at radius 3 is 1.91 bits per heavy atom. The van der Waals surface area contributed by atoms with Crippen LogP contribution >= 0.6 is 0 Å². The minimum Gasteiger partial charge on any atom is -0.464 e. The van der Waals surface area contributed by atoms with E-state index in [1.165, 1.54) is 30.5 Å². The third-order valence-corrected chi connectivity index (χ3v) is 7.80. The maximum Gasteiger partial charge on any atom is 0.460 e. The second-order valence-corrected chi connectivity index (χ2v) is 11.9. The van der Waals surface area contributed by atoms with Gasteiger partial charge in [-0.05, 0) is 54.1 Å². The number of hydrogen-bond acceptors (Lipinski definition) is 5. The number of aliphatic imine (C=N–C) groups is 1. The molecule has 0 spiro atoms. The van der Waals surface area contributed by atoms with Crippen molar-refractivity contribution in [1.82, 2.24) is 4.90 Å². The van der Waals surface area contributed by atoms with Gasteiger partial charge in [0.15, 0.2) is 0 Å². The van der Waals surface area contributed by atoms with E-state index in [1.54, 1.807) is 18.2 Å². The number of carbonyl (C=O) groups excluding carboxylic acids is 2. The Labute approximate surface area is 315 Å². The number of benzene rings is 2. The maximum absolute atomic E-state index is 14.2. The number of esters is 1. The zero-order valence-electron chi connectivity index (χ0n) is 28.8. The molecule has 8 nitrogen and oxygen atoms in total. The summed E-state index contributed by atoms with van der Waals surface area (Å²) in [7, 11) is 0. The van der Waals surface area contributed by atoms with Crippen LogP contribution in [0.15, 0.2) is 58.6 Å². The fraction of sp³-hybridized carbons (Fsp3) is 0.485. The smallest absolute Gasteiger partial charge is 0.460 e. The fourth-order valence-electron chi connectivity index (χ4n) is 4.59. The molecule has 0 atom stereocenters.